The third kappa shape index (κ3) is 4.67. The monoisotopic (exact) mass is 510 g/mol. The van der Waals surface area contributed by atoms with Crippen LogP contribution in [-0.4, -0.2) is 46.8 Å². The Morgan fingerprint density at radius 1 is 0.943 bits per heavy atom. The second-order valence-corrected chi connectivity index (χ2v) is 10.8. The van der Waals surface area contributed by atoms with Crippen molar-refractivity contribution in [3.05, 3.63) is 76.8 Å². The average molecular weight is 511 g/mol. The van der Waals surface area contributed by atoms with Gasteiger partial charge in [0.1, 0.15) is 16.7 Å². The number of halogens is 1. The van der Waals surface area contributed by atoms with Crippen LogP contribution in [0.5, 0.6) is 5.75 Å². The summed E-state index contributed by atoms with van der Waals surface area (Å²) in [5.41, 5.74) is 2.77. The highest BCUT2D eigenvalue weighted by Gasteiger charge is 2.28. The molecule has 5 rings (SSSR count). The quantitative estimate of drug-likeness (QED) is 0.283. The highest BCUT2D eigenvalue weighted by atomic mass is 35.5. The van der Waals surface area contributed by atoms with Crippen LogP contribution in [0.15, 0.2) is 65.6 Å². The molecule has 0 N–H and O–H groups in total. The number of rotatable bonds is 5. The van der Waals surface area contributed by atoms with Crippen LogP contribution >= 0.6 is 11.6 Å². The molecule has 0 atom stereocenters. The molecule has 2 heterocycles. The fraction of sp³-hybridized carbons (Fsp3) is 0.240. The number of fused-ring (bicyclic) bond motifs is 1. The lowest BCUT2D eigenvalue weighted by Gasteiger charge is -2.26. The minimum atomic E-state index is -3.74. The first-order chi connectivity index (χ1) is 16.8. The van der Waals surface area contributed by atoms with E-state index in [-0.39, 0.29) is 21.2 Å². The van der Waals surface area contributed by atoms with Gasteiger partial charge in [0.05, 0.1) is 15.5 Å². The van der Waals surface area contributed by atoms with E-state index in [0.29, 0.717) is 29.8 Å². The van der Waals surface area contributed by atoms with Gasteiger partial charge >= 0.3 is 5.97 Å². The SMILES string of the molecule is Cc1ccc(OC(=O)c2cc(S(=O)(=O)N3CCCCC3)ccc2Cl)c(-n2nc3ccccc3n2)c1. The number of hydrogen-bond acceptors (Lipinski definition) is 6. The number of sulfonamides is 1. The molecule has 8 nitrogen and oxygen atoms in total. The molecule has 0 spiro atoms. The fourth-order valence-electron chi connectivity index (χ4n) is 4.07. The Bertz CT molecular complexity index is 1490. The number of piperidine rings is 1. The van der Waals surface area contributed by atoms with Crippen LogP contribution in [0.1, 0.15) is 35.2 Å². The van der Waals surface area contributed by atoms with Crippen molar-refractivity contribution < 1.29 is 17.9 Å². The Balaban J connectivity index is 1.48. The molecule has 180 valence electrons. The summed E-state index contributed by atoms with van der Waals surface area (Å²) in [6.45, 7) is 2.83. The maximum absolute atomic E-state index is 13.2. The molecule has 0 bridgehead atoms. The summed E-state index contributed by atoms with van der Waals surface area (Å²) in [5, 5.41) is 9.07. The van der Waals surface area contributed by atoms with E-state index in [9.17, 15) is 13.2 Å². The molecule has 1 aliphatic heterocycles. The molecule has 0 unspecified atom stereocenters. The van der Waals surface area contributed by atoms with Crippen molar-refractivity contribution in [2.75, 3.05) is 13.1 Å². The van der Waals surface area contributed by atoms with Crippen LogP contribution in [0.2, 0.25) is 5.02 Å². The third-order valence-corrected chi connectivity index (χ3v) is 8.15. The van der Waals surface area contributed by atoms with E-state index >= 15 is 0 Å². The van der Waals surface area contributed by atoms with Gasteiger partial charge in [-0.1, -0.05) is 36.2 Å². The average Bonchev–Trinajstić information content (AvgIpc) is 3.30. The lowest BCUT2D eigenvalue weighted by Crippen LogP contribution is -2.35. The summed E-state index contributed by atoms with van der Waals surface area (Å²) in [6.07, 6.45) is 2.63. The molecule has 35 heavy (non-hydrogen) atoms. The van der Waals surface area contributed by atoms with Gasteiger partial charge in [-0.25, -0.2) is 13.2 Å². The van der Waals surface area contributed by atoms with Crippen LogP contribution < -0.4 is 4.74 Å². The van der Waals surface area contributed by atoms with Crippen LogP contribution in [0.25, 0.3) is 16.7 Å². The number of aromatic nitrogens is 3. The number of ether oxygens (including phenoxy) is 1. The molecule has 0 amide bonds. The highest BCUT2D eigenvalue weighted by Crippen LogP contribution is 2.29. The molecule has 1 aromatic heterocycles. The summed E-state index contributed by atoms with van der Waals surface area (Å²) in [4.78, 5) is 14.6. The first-order valence-electron chi connectivity index (χ1n) is 11.3. The Hall–Kier alpha value is -3.27. The minimum Gasteiger partial charge on any atom is -0.421 e. The number of nitrogens with zero attached hydrogens (tertiary/aromatic N) is 4. The van der Waals surface area contributed by atoms with Crippen LogP contribution in [0, 0.1) is 6.92 Å². The number of esters is 1. The Kier molecular flexibility index (Phi) is 6.31. The summed E-state index contributed by atoms with van der Waals surface area (Å²) in [6, 6.07) is 16.8. The molecule has 0 aliphatic carbocycles. The fourth-order valence-corrected chi connectivity index (χ4v) is 5.81. The van der Waals surface area contributed by atoms with E-state index in [1.807, 2.05) is 31.2 Å². The van der Waals surface area contributed by atoms with E-state index in [4.69, 9.17) is 16.3 Å². The van der Waals surface area contributed by atoms with Crippen molar-refractivity contribution in [3.63, 3.8) is 0 Å². The number of benzene rings is 3. The molecule has 1 fully saturated rings. The number of carbonyl (C=O) groups excluding carboxylic acids is 1. The van der Waals surface area contributed by atoms with Crippen molar-refractivity contribution in [1.82, 2.24) is 19.3 Å². The summed E-state index contributed by atoms with van der Waals surface area (Å²) in [5.74, 6) is -0.547. The lowest BCUT2D eigenvalue weighted by atomic mass is 10.2. The van der Waals surface area contributed by atoms with Crippen LogP contribution in [-0.2, 0) is 10.0 Å². The largest absolute Gasteiger partial charge is 0.421 e. The molecule has 0 radical (unpaired) electrons. The van der Waals surface area contributed by atoms with Gasteiger partial charge < -0.3 is 4.74 Å². The number of carbonyl (C=O) groups is 1. The Morgan fingerprint density at radius 2 is 1.63 bits per heavy atom. The zero-order valence-corrected chi connectivity index (χ0v) is 20.6. The third-order valence-electron chi connectivity index (χ3n) is 5.93. The smallest absolute Gasteiger partial charge is 0.345 e. The van der Waals surface area contributed by atoms with Gasteiger partial charge in [0, 0.05) is 13.1 Å². The predicted molar refractivity (Wildman–Crippen MR) is 133 cm³/mol. The van der Waals surface area contributed by atoms with Gasteiger partial charge in [-0.2, -0.15) is 4.31 Å². The van der Waals surface area contributed by atoms with Crippen molar-refractivity contribution in [3.8, 4) is 11.4 Å². The molecule has 1 saturated heterocycles. The first-order valence-corrected chi connectivity index (χ1v) is 13.1. The number of hydrogen-bond donors (Lipinski definition) is 0. The molecule has 10 heteroatoms. The molecular formula is C25H23ClN4O4S. The zero-order chi connectivity index (χ0) is 24.6. The van der Waals surface area contributed by atoms with E-state index in [1.54, 1.807) is 18.2 Å². The Morgan fingerprint density at radius 3 is 2.31 bits per heavy atom. The Labute approximate surface area is 208 Å². The molecule has 0 saturated carbocycles. The van der Waals surface area contributed by atoms with Crippen molar-refractivity contribution in [2.45, 2.75) is 31.1 Å². The van der Waals surface area contributed by atoms with Crippen molar-refractivity contribution in [1.29, 1.82) is 0 Å². The van der Waals surface area contributed by atoms with Gasteiger partial charge in [-0.3, -0.25) is 0 Å². The van der Waals surface area contributed by atoms with Crippen LogP contribution in [0.3, 0.4) is 0 Å². The van der Waals surface area contributed by atoms with Gasteiger partial charge in [-0.15, -0.1) is 15.0 Å². The molecular weight excluding hydrogens is 488 g/mol. The molecule has 3 aromatic carbocycles. The minimum absolute atomic E-state index is 0.0138. The second-order valence-electron chi connectivity index (χ2n) is 8.45. The van der Waals surface area contributed by atoms with Gasteiger partial charge in [0.25, 0.3) is 0 Å². The van der Waals surface area contributed by atoms with Crippen LogP contribution in [0.4, 0.5) is 0 Å². The maximum atomic E-state index is 13.2. The van der Waals surface area contributed by atoms with E-state index in [2.05, 4.69) is 10.2 Å². The topological polar surface area (TPSA) is 94.4 Å². The van der Waals surface area contributed by atoms with Gasteiger partial charge in [0.2, 0.25) is 10.0 Å². The molecule has 1 aliphatic rings. The van der Waals surface area contributed by atoms with Crippen molar-refractivity contribution >= 4 is 38.6 Å². The molecule has 4 aromatic rings. The van der Waals surface area contributed by atoms with Gasteiger partial charge in [0.15, 0.2) is 5.75 Å². The summed E-state index contributed by atoms with van der Waals surface area (Å²) >= 11 is 6.29. The second kappa shape index (κ2) is 9.41. The van der Waals surface area contributed by atoms with Crippen molar-refractivity contribution in [2.24, 2.45) is 0 Å². The highest BCUT2D eigenvalue weighted by molar-refractivity contribution is 7.89. The summed E-state index contributed by atoms with van der Waals surface area (Å²) < 4.78 is 33.4. The summed E-state index contributed by atoms with van der Waals surface area (Å²) in [7, 11) is -3.74. The zero-order valence-electron chi connectivity index (χ0n) is 19.0. The predicted octanol–water partition coefficient (Wildman–Crippen LogP) is 4.78. The van der Waals surface area contributed by atoms with E-state index in [1.165, 1.54) is 27.3 Å². The normalized spacial score (nSPS) is 14.8. The maximum Gasteiger partial charge on any atom is 0.345 e. The van der Waals surface area contributed by atoms with E-state index in [0.717, 1.165) is 24.8 Å². The van der Waals surface area contributed by atoms with E-state index < -0.39 is 16.0 Å². The van der Waals surface area contributed by atoms with Gasteiger partial charge in [-0.05, 0) is 67.8 Å². The standard InChI is InChI=1S/C25H23ClN4O4S/c1-17-9-12-24(23(15-17)30-27-21-7-3-4-8-22(21)28-30)34-25(31)19-16-18(10-11-20(19)26)35(32,33)29-13-5-2-6-14-29/h3-4,7-12,15-16H,2,5-6,13-14H2,1H3. The first kappa shape index (κ1) is 23.5. The number of aryl methyl sites for hydroxylation is 1. The lowest BCUT2D eigenvalue weighted by molar-refractivity contribution is 0.0734.